The van der Waals surface area contributed by atoms with Crippen molar-refractivity contribution in [3.05, 3.63) is 29.8 Å². The summed E-state index contributed by atoms with van der Waals surface area (Å²) < 4.78 is 2.79. The summed E-state index contributed by atoms with van der Waals surface area (Å²) in [5.41, 5.74) is 1.76. The summed E-state index contributed by atoms with van der Waals surface area (Å²) in [5.74, 6) is 0. The smallest absolute Gasteiger partial charge is 0.156 e. The standard InChI is InChI=1S/C10H7ClN4S/c1-15-5-6(4-13-15)10-14-8-7(16-10)2-3-12-9(8)11/h2-5H,1H3. The van der Waals surface area contributed by atoms with Gasteiger partial charge in [-0.15, -0.1) is 11.3 Å². The Bertz CT molecular complexity index is 658. The molecule has 4 nitrogen and oxygen atoms in total. The molecule has 0 bridgehead atoms. The van der Waals surface area contributed by atoms with Gasteiger partial charge < -0.3 is 0 Å². The van der Waals surface area contributed by atoms with Crippen LogP contribution in [-0.2, 0) is 7.05 Å². The van der Waals surface area contributed by atoms with E-state index in [2.05, 4.69) is 15.1 Å². The zero-order valence-electron chi connectivity index (χ0n) is 8.38. The lowest BCUT2D eigenvalue weighted by atomic mass is 10.4. The number of hydrogen-bond donors (Lipinski definition) is 0. The molecule has 0 aliphatic rings. The van der Waals surface area contributed by atoms with Crippen LogP contribution in [0.4, 0.5) is 0 Å². The number of aryl methyl sites for hydroxylation is 1. The molecule has 0 spiro atoms. The Kier molecular flexibility index (Phi) is 2.15. The highest BCUT2D eigenvalue weighted by molar-refractivity contribution is 7.21. The van der Waals surface area contributed by atoms with Gasteiger partial charge in [0, 0.05) is 25.0 Å². The molecule has 16 heavy (non-hydrogen) atoms. The van der Waals surface area contributed by atoms with Crippen molar-refractivity contribution in [1.29, 1.82) is 0 Å². The van der Waals surface area contributed by atoms with E-state index in [1.165, 1.54) is 0 Å². The molecule has 0 atom stereocenters. The van der Waals surface area contributed by atoms with E-state index in [1.54, 1.807) is 28.4 Å². The van der Waals surface area contributed by atoms with Crippen LogP contribution >= 0.6 is 22.9 Å². The van der Waals surface area contributed by atoms with Crippen molar-refractivity contribution in [2.45, 2.75) is 0 Å². The van der Waals surface area contributed by atoms with Gasteiger partial charge >= 0.3 is 0 Å². The van der Waals surface area contributed by atoms with Crippen molar-refractivity contribution >= 4 is 33.2 Å². The summed E-state index contributed by atoms with van der Waals surface area (Å²) in [6, 6.07) is 1.92. The summed E-state index contributed by atoms with van der Waals surface area (Å²) >= 11 is 7.56. The largest absolute Gasteiger partial charge is 0.275 e. The molecule has 3 aromatic rings. The predicted octanol–water partition coefficient (Wildman–Crippen LogP) is 2.75. The van der Waals surface area contributed by atoms with Crippen molar-refractivity contribution in [2.24, 2.45) is 7.05 Å². The molecule has 0 aromatic carbocycles. The van der Waals surface area contributed by atoms with Gasteiger partial charge in [-0.05, 0) is 6.07 Å². The normalized spacial score (nSPS) is 11.1. The highest BCUT2D eigenvalue weighted by atomic mass is 35.5. The van der Waals surface area contributed by atoms with E-state index in [0.29, 0.717) is 5.15 Å². The van der Waals surface area contributed by atoms with Crippen molar-refractivity contribution in [3.8, 4) is 10.6 Å². The second-order valence-corrected chi connectivity index (χ2v) is 4.76. The van der Waals surface area contributed by atoms with E-state index in [-0.39, 0.29) is 0 Å². The molecule has 0 fully saturated rings. The van der Waals surface area contributed by atoms with Crippen LogP contribution < -0.4 is 0 Å². The fraction of sp³-hybridized carbons (Fsp3) is 0.100. The van der Waals surface area contributed by atoms with Gasteiger partial charge in [0.25, 0.3) is 0 Å². The van der Waals surface area contributed by atoms with Gasteiger partial charge in [0.05, 0.1) is 10.9 Å². The molecule has 0 aliphatic carbocycles. The van der Waals surface area contributed by atoms with Crippen molar-refractivity contribution in [2.75, 3.05) is 0 Å². The van der Waals surface area contributed by atoms with Crippen LogP contribution in [0.2, 0.25) is 5.15 Å². The topological polar surface area (TPSA) is 43.6 Å². The molecule has 0 saturated carbocycles. The van der Waals surface area contributed by atoms with E-state index in [9.17, 15) is 0 Å². The lowest BCUT2D eigenvalue weighted by Gasteiger charge is -1.87. The molecule has 80 valence electrons. The first kappa shape index (κ1) is 9.74. The number of rotatable bonds is 1. The average Bonchev–Trinajstić information content (AvgIpc) is 2.84. The SMILES string of the molecule is Cn1cc(-c2nc3c(Cl)nccc3s2)cn1. The monoisotopic (exact) mass is 250 g/mol. The first-order valence-corrected chi connectivity index (χ1v) is 5.83. The lowest BCUT2D eigenvalue weighted by molar-refractivity contribution is 0.768. The zero-order valence-corrected chi connectivity index (χ0v) is 9.96. The van der Waals surface area contributed by atoms with E-state index < -0.39 is 0 Å². The van der Waals surface area contributed by atoms with Gasteiger partial charge in [0.15, 0.2) is 5.15 Å². The molecule has 3 heterocycles. The number of aromatic nitrogens is 4. The van der Waals surface area contributed by atoms with E-state index in [1.807, 2.05) is 19.3 Å². The third-order valence-electron chi connectivity index (χ3n) is 2.21. The summed E-state index contributed by atoms with van der Waals surface area (Å²) in [4.78, 5) is 8.47. The maximum Gasteiger partial charge on any atom is 0.156 e. The minimum Gasteiger partial charge on any atom is -0.275 e. The lowest BCUT2D eigenvalue weighted by Crippen LogP contribution is -1.84. The van der Waals surface area contributed by atoms with Crippen LogP contribution in [0.1, 0.15) is 0 Å². The highest BCUT2D eigenvalue weighted by Crippen LogP contribution is 2.31. The Morgan fingerprint density at radius 1 is 1.44 bits per heavy atom. The van der Waals surface area contributed by atoms with Gasteiger partial charge in [0.1, 0.15) is 10.5 Å². The zero-order chi connectivity index (χ0) is 11.1. The molecule has 0 unspecified atom stereocenters. The molecule has 0 amide bonds. The van der Waals surface area contributed by atoms with Crippen LogP contribution in [-0.4, -0.2) is 19.7 Å². The molecule has 0 saturated heterocycles. The first-order chi connectivity index (χ1) is 7.74. The number of fused-ring (bicyclic) bond motifs is 1. The molecular weight excluding hydrogens is 244 g/mol. The van der Waals surface area contributed by atoms with Crippen LogP contribution in [0.15, 0.2) is 24.7 Å². The second-order valence-electron chi connectivity index (χ2n) is 3.37. The third-order valence-corrected chi connectivity index (χ3v) is 3.56. The van der Waals surface area contributed by atoms with E-state index in [4.69, 9.17) is 11.6 Å². The van der Waals surface area contributed by atoms with Gasteiger partial charge in [-0.3, -0.25) is 4.68 Å². The summed E-state index contributed by atoms with van der Waals surface area (Å²) in [6.07, 6.45) is 5.41. The first-order valence-electron chi connectivity index (χ1n) is 4.64. The maximum atomic E-state index is 5.98. The minimum absolute atomic E-state index is 0.448. The van der Waals surface area contributed by atoms with E-state index >= 15 is 0 Å². The Hall–Kier alpha value is -1.46. The van der Waals surface area contributed by atoms with Crippen LogP contribution in [0, 0.1) is 0 Å². The summed E-state index contributed by atoms with van der Waals surface area (Å²) in [7, 11) is 1.88. The summed E-state index contributed by atoms with van der Waals surface area (Å²) in [6.45, 7) is 0. The number of pyridine rings is 1. The molecule has 0 aliphatic heterocycles. The van der Waals surface area contributed by atoms with Crippen molar-refractivity contribution in [3.63, 3.8) is 0 Å². The number of nitrogens with zero attached hydrogens (tertiary/aromatic N) is 4. The molecule has 3 aromatic heterocycles. The minimum atomic E-state index is 0.448. The second kappa shape index (κ2) is 3.54. The van der Waals surface area contributed by atoms with Crippen LogP contribution in [0.25, 0.3) is 20.8 Å². The van der Waals surface area contributed by atoms with Gasteiger partial charge in [-0.25, -0.2) is 9.97 Å². The molecule has 0 N–H and O–H groups in total. The van der Waals surface area contributed by atoms with Crippen molar-refractivity contribution in [1.82, 2.24) is 19.7 Å². The fourth-order valence-electron chi connectivity index (χ4n) is 1.48. The quantitative estimate of drug-likeness (QED) is 0.624. The molecule has 6 heteroatoms. The van der Waals surface area contributed by atoms with Gasteiger partial charge in [-0.2, -0.15) is 5.10 Å². The van der Waals surface area contributed by atoms with Crippen LogP contribution in [0.5, 0.6) is 0 Å². The number of thiazole rings is 1. The predicted molar refractivity (Wildman–Crippen MR) is 64.6 cm³/mol. The van der Waals surface area contributed by atoms with E-state index in [0.717, 1.165) is 20.8 Å². The molecule has 0 radical (unpaired) electrons. The Morgan fingerprint density at radius 3 is 3.00 bits per heavy atom. The summed E-state index contributed by atoms with van der Waals surface area (Å²) in [5, 5.41) is 5.48. The van der Waals surface area contributed by atoms with Gasteiger partial charge in [-0.1, -0.05) is 11.6 Å². The Labute approximate surface area is 101 Å². The number of halogens is 1. The maximum absolute atomic E-state index is 5.98. The van der Waals surface area contributed by atoms with Gasteiger partial charge in [0.2, 0.25) is 0 Å². The highest BCUT2D eigenvalue weighted by Gasteiger charge is 2.10. The Morgan fingerprint density at radius 2 is 2.31 bits per heavy atom. The number of hydrogen-bond acceptors (Lipinski definition) is 4. The molecule has 3 rings (SSSR count). The third kappa shape index (κ3) is 1.48. The van der Waals surface area contributed by atoms with Crippen LogP contribution in [0.3, 0.4) is 0 Å². The van der Waals surface area contributed by atoms with Crippen molar-refractivity contribution < 1.29 is 0 Å². The average molecular weight is 251 g/mol. The Balaban J connectivity index is 2.22. The fourth-order valence-corrected chi connectivity index (χ4v) is 2.67. The molecular formula is C10H7ClN4S.